The van der Waals surface area contributed by atoms with Gasteiger partial charge in [0.15, 0.2) is 6.17 Å². The van der Waals surface area contributed by atoms with Crippen LogP contribution in [-0.4, -0.2) is 16.7 Å². The molecule has 5 aromatic carbocycles. The zero-order valence-corrected chi connectivity index (χ0v) is 28.8. The summed E-state index contributed by atoms with van der Waals surface area (Å²) in [6.07, 6.45) is 8.36. The summed E-state index contributed by atoms with van der Waals surface area (Å²) in [6, 6.07) is 49.5. The molecule has 3 aliphatic rings. The fourth-order valence-electron chi connectivity index (χ4n) is 8.45. The number of nitrogens with one attached hydrogen (secondary N) is 1. The van der Waals surface area contributed by atoms with E-state index in [0.29, 0.717) is 0 Å². The highest BCUT2D eigenvalue weighted by Crippen LogP contribution is 2.58. The number of aryl methyl sites for hydroxylation is 1. The molecule has 9 rings (SSSR count). The van der Waals surface area contributed by atoms with Gasteiger partial charge in [0.2, 0.25) is 0 Å². The number of pyridine rings is 1. The Hall–Kier alpha value is -6.13. The van der Waals surface area contributed by atoms with Gasteiger partial charge in [-0.3, -0.25) is 4.98 Å². The first-order chi connectivity index (χ1) is 25.1. The second kappa shape index (κ2) is 12.6. The van der Waals surface area contributed by atoms with E-state index in [0.717, 1.165) is 52.5 Å². The van der Waals surface area contributed by atoms with Crippen LogP contribution in [0, 0.1) is 13.8 Å². The number of aliphatic imine (C=N–C) groups is 2. The molecule has 0 amide bonds. The quantitative estimate of drug-likeness (QED) is 0.194. The third-order valence-electron chi connectivity index (χ3n) is 10.7. The Morgan fingerprint density at radius 1 is 0.608 bits per heavy atom. The van der Waals surface area contributed by atoms with E-state index >= 15 is 0 Å². The van der Waals surface area contributed by atoms with Crippen LogP contribution in [0.3, 0.4) is 0 Å². The van der Waals surface area contributed by atoms with Gasteiger partial charge in [-0.05, 0) is 88.9 Å². The molecular formula is C47H38N4. The summed E-state index contributed by atoms with van der Waals surface area (Å²) in [5.41, 5.74) is 15.2. The molecule has 6 aromatic rings. The predicted molar refractivity (Wildman–Crippen MR) is 209 cm³/mol. The van der Waals surface area contributed by atoms with Crippen LogP contribution < -0.4 is 5.32 Å². The van der Waals surface area contributed by atoms with E-state index in [4.69, 9.17) is 15.0 Å². The van der Waals surface area contributed by atoms with Gasteiger partial charge in [-0.2, -0.15) is 0 Å². The van der Waals surface area contributed by atoms with Crippen LogP contribution >= 0.6 is 0 Å². The smallest absolute Gasteiger partial charge is 0.169 e. The number of aromatic nitrogens is 1. The van der Waals surface area contributed by atoms with E-state index in [2.05, 4.69) is 128 Å². The van der Waals surface area contributed by atoms with Gasteiger partial charge in [-0.25, -0.2) is 9.98 Å². The average molecular weight is 659 g/mol. The molecule has 4 nitrogen and oxygen atoms in total. The van der Waals surface area contributed by atoms with Crippen LogP contribution in [0.15, 0.2) is 173 Å². The molecule has 4 heteroatoms. The number of benzene rings is 5. The number of hydrogen-bond donors (Lipinski definition) is 1. The summed E-state index contributed by atoms with van der Waals surface area (Å²) in [7, 11) is 0. The highest BCUT2D eigenvalue weighted by Gasteiger charge is 2.48. The SMILES string of the molecule is Cc1ccccc1C1(c2cccc(-c3ncccc3C3=NC(c4ccccc4)N=C(c4ccccc4)N3)c2C)C2=C(CCC=C2)c2ccccc21. The van der Waals surface area contributed by atoms with Crippen LogP contribution in [-0.2, 0) is 5.41 Å². The van der Waals surface area contributed by atoms with Crippen LogP contribution in [0.2, 0.25) is 0 Å². The molecular weight excluding hydrogens is 621 g/mol. The number of fused-ring (bicyclic) bond motifs is 2. The normalized spacial score (nSPS) is 19.1. The molecule has 2 atom stereocenters. The molecule has 51 heavy (non-hydrogen) atoms. The fraction of sp³-hybridized carbons (Fsp3) is 0.128. The Labute approximate surface area is 299 Å². The highest BCUT2D eigenvalue weighted by atomic mass is 15.2. The molecule has 0 radical (unpaired) electrons. The first-order valence-electron chi connectivity index (χ1n) is 17.8. The van der Waals surface area contributed by atoms with Gasteiger partial charge in [0.05, 0.1) is 11.1 Å². The molecule has 2 heterocycles. The lowest BCUT2D eigenvalue weighted by Crippen LogP contribution is -2.36. The molecule has 1 N–H and O–H groups in total. The van der Waals surface area contributed by atoms with E-state index in [9.17, 15) is 0 Å². The van der Waals surface area contributed by atoms with Crippen molar-refractivity contribution in [2.75, 3.05) is 0 Å². The number of hydrogen-bond acceptors (Lipinski definition) is 4. The Morgan fingerprint density at radius 3 is 2.10 bits per heavy atom. The summed E-state index contributed by atoms with van der Waals surface area (Å²) in [5, 5.41) is 3.62. The largest absolute Gasteiger partial charge is 0.324 e. The van der Waals surface area contributed by atoms with Crippen LogP contribution in [0.5, 0.6) is 0 Å². The number of allylic oxidation sites excluding steroid dienone is 4. The van der Waals surface area contributed by atoms with Gasteiger partial charge in [0, 0.05) is 22.9 Å². The van der Waals surface area contributed by atoms with Crippen molar-refractivity contribution in [3.05, 3.63) is 214 Å². The highest BCUT2D eigenvalue weighted by molar-refractivity contribution is 6.17. The summed E-state index contributed by atoms with van der Waals surface area (Å²) in [4.78, 5) is 15.4. The Bertz CT molecular complexity index is 2420. The third kappa shape index (κ3) is 5.01. The molecule has 0 saturated carbocycles. The van der Waals surface area contributed by atoms with E-state index in [1.807, 2.05) is 48.7 Å². The van der Waals surface area contributed by atoms with Crippen molar-refractivity contribution in [3.63, 3.8) is 0 Å². The zero-order chi connectivity index (χ0) is 34.4. The molecule has 0 saturated heterocycles. The molecule has 0 fully saturated rings. The van der Waals surface area contributed by atoms with Gasteiger partial charge < -0.3 is 5.32 Å². The summed E-state index contributed by atoms with van der Waals surface area (Å²) in [5.74, 6) is 1.55. The second-order valence-corrected chi connectivity index (χ2v) is 13.6. The van der Waals surface area contributed by atoms with Crippen molar-refractivity contribution in [1.29, 1.82) is 0 Å². The summed E-state index contributed by atoms with van der Waals surface area (Å²) in [6.45, 7) is 4.53. The molecule has 1 aromatic heterocycles. The molecule has 2 aliphatic carbocycles. The minimum absolute atomic E-state index is 0.388. The number of rotatable bonds is 6. The van der Waals surface area contributed by atoms with Crippen molar-refractivity contribution in [2.24, 2.45) is 9.98 Å². The van der Waals surface area contributed by atoms with E-state index < -0.39 is 5.41 Å². The Balaban J connectivity index is 1.25. The maximum Gasteiger partial charge on any atom is 0.169 e. The number of amidine groups is 2. The van der Waals surface area contributed by atoms with Crippen LogP contribution in [0.4, 0.5) is 0 Å². The molecule has 0 spiro atoms. The topological polar surface area (TPSA) is 49.6 Å². The Kier molecular flexibility index (Phi) is 7.66. The van der Waals surface area contributed by atoms with Crippen molar-refractivity contribution in [2.45, 2.75) is 38.3 Å². The molecule has 246 valence electrons. The lowest BCUT2D eigenvalue weighted by Gasteiger charge is -2.38. The minimum Gasteiger partial charge on any atom is -0.324 e. The third-order valence-corrected chi connectivity index (χ3v) is 10.7. The first kappa shape index (κ1) is 30.9. The van der Waals surface area contributed by atoms with Gasteiger partial charge >= 0.3 is 0 Å². The second-order valence-electron chi connectivity index (χ2n) is 13.6. The van der Waals surface area contributed by atoms with E-state index in [1.165, 1.54) is 44.5 Å². The van der Waals surface area contributed by atoms with Crippen LogP contribution in [0.1, 0.15) is 69.1 Å². The van der Waals surface area contributed by atoms with Gasteiger partial charge in [-0.15, -0.1) is 0 Å². The predicted octanol–water partition coefficient (Wildman–Crippen LogP) is 10.3. The monoisotopic (exact) mass is 658 g/mol. The van der Waals surface area contributed by atoms with Crippen molar-refractivity contribution < 1.29 is 0 Å². The van der Waals surface area contributed by atoms with E-state index in [1.54, 1.807) is 0 Å². The van der Waals surface area contributed by atoms with Crippen molar-refractivity contribution in [1.82, 2.24) is 10.3 Å². The average Bonchev–Trinajstić information content (AvgIpc) is 3.49. The maximum atomic E-state index is 5.23. The fourth-order valence-corrected chi connectivity index (χ4v) is 8.45. The summed E-state index contributed by atoms with van der Waals surface area (Å²) < 4.78 is 0. The molecule has 2 unspecified atom stereocenters. The zero-order valence-electron chi connectivity index (χ0n) is 28.8. The maximum absolute atomic E-state index is 5.23. The van der Waals surface area contributed by atoms with Crippen molar-refractivity contribution >= 4 is 17.2 Å². The lowest BCUT2D eigenvalue weighted by atomic mass is 9.63. The molecule has 0 bridgehead atoms. The number of nitrogens with zero attached hydrogens (tertiary/aromatic N) is 3. The molecule has 1 aliphatic heterocycles. The van der Waals surface area contributed by atoms with Crippen LogP contribution in [0.25, 0.3) is 16.8 Å². The standard InChI is InChI=1S/C47H38N4/c1-31-17-9-12-26-39(31)47(41-27-13-10-22-36(41)37-23-11-14-28-42(37)47)40-29-15-24-35(32(40)2)43-38(25-16-30-48-43)46-50-44(33-18-5-3-6-19-33)49-45(51-46)34-20-7-4-8-21-34/h3-10,12-22,24-30,44H,11,23H2,1-2H3,(H,49,50,51). The lowest BCUT2D eigenvalue weighted by molar-refractivity contribution is 0.743. The Morgan fingerprint density at radius 2 is 1.27 bits per heavy atom. The van der Waals surface area contributed by atoms with Gasteiger partial charge in [0.25, 0.3) is 0 Å². The van der Waals surface area contributed by atoms with E-state index in [-0.39, 0.29) is 6.17 Å². The minimum atomic E-state index is -0.463. The first-order valence-corrected chi connectivity index (χ1v) is 17.8. The van der Waals surface area contributed by atoms with Gasteiger partial charge in [-0.1, -0.05) is 140 Å². The van der Waals surface area contributed by atoms with Gasteiger partial charge in [0.1, 0.15) is 11.7 Å². The van der Waals surface area contributed by atoms with Crippen molar-refractivity contribution in [3.8, 4) is 11.3 Å². The summed E-state index contributed by atoms with van der Waals surface area (Å²) >= 11 is 0.